The average molecular weight is 298 g/mol. The number of H-pyrrole nitrogens is 1. The largest absolute Gasteiger partial charge is 0.341 e. The van der Waals surface area contributed by atoms with Gasteiger partial charge in [-0.25, -0.2) is 0 Å². The summed E-state index contributed by atoms with van der Waals surface area (Å²) in [6.07, 6.45) is 1.73. The summed E-state index contributed by atoms with van der Waals surface area (Å²) in [7, 11) is 0. The second-order valence-corrected chi connectivity index (χ2v) is 6.44. The molecule has 2 atom stereocenters. The molecule has 22 heavy (non-hydrogen) atoms. The molecule has 2 heterocycles. The molecule has 0 radical (unpaired) electrons. The van der Waals surface area contributed by atoms with Gasteiger partial charge in [0.2, 0.25) is 5.95 Å². The van der Waals surface area contributed by atoms with Crippen LogP contribution in [-0.4, -0.2) is 28.3 Å². The summed E-state index contributed by atoms with van der Waals surface area (Å²) < 4.78 is 0. The molecule has 0 saturated carbocycles. The Morgan fingerprint density at radius 1 is 1.14 bits per heavy atom. The standard InChI is InChI=1S/C17H22N4O/c1-12-8-13(2)11-21(10-12)17-18-16(22)15(19-20-17)9-14-6-4-3-5-7-14/h3-7,12-13H,8-11H2,1-2H3,(H,18,20,22). The van der Waals surface area contributed by atoms with Crippen LogP contribution in [0.4, 0.5) is 5.95 Å². The summed E-state index contributed by atoms with van der Waals surface area (Å²) in [4.78, 5) is 17.3. The van der Waals surface area contributed by atoms with Crippen LogP contribution < -0.4 is 10.5 Å². The van der Waals surface area contributed by atoms with Gasteiger partial charge in [-0.15, -0.1) is 10.2 Å². The zero-order chi connectivity index (χ0) is 15.5. The van der Waals surface area contributed by atoms with Gasteiger partial charge in [0.05, 0.1) is 0 Å². The predicted molar refractivity (Wildman–Crippen MR) is 87.1 cm³/mol. The Balaban J connectivity index is 1.79. The number of hydrogen-bond donors (Lipinski definition) is 1. The molecule has 1 N–H and O–H groups in total. The number of anilines is 1. The molecule has 1 aromatic heterocycles. The van der Waals surface area contributed by atoms with E-state index < -0.39 is 0 Å². The van der Waals surface area contributed by atoms with Gasteiger partial charge in [-0.1, -0.05) is 44.2 Å². The fourth-order valence-corrected chi connectivity index (χ4v) is 3.23. The van der Waals surface area contributed by atoms with Crippen molar-refractivity contribution in [2.75, 3.05) is 18.0 Å². The molecule has 3 rings (SSSR count). The van der Waals surface area contributed by atoms with E-state index in [0.29, 0.717) is 29.9 Å². The summed E-state index contributed by atoms with van der Waals surface area (Å²) in [5, 5.41) is 8.41. The third-order valence-corrected chi connectivity index (χ3v) is 4.14. The van der Waals surface area contributed by atoms with E-state index in [1.165, 1.54) is 6.42 Å². The van der Waals surface area contributed by atoms with Crippen LogP contribution in [0.5, 0.6) is 0 Å². The van der Waals surface area contributed by atoms with Crippen molar-refractivity contribution < 1.29 is 0 Å². The van der Waals surface area contributed by atoms with Crippen molar-refractivity contribution in [2.24, 2.45) is 11.8 Å². The molecular formula is C17H22N4O. The summed E-state index contributed by atoms with van der Waals surface area (Å²) in [6, 6.07) is 9.86. The van der Waals surface area contributed by atoms with Gasteiger partial charge in [-0.2, -0.15) is 0 Å². The van der Waals surface area contributed by atoms with Gasteiger partial charge in [0.15, 0.2) is 0 Å². The Hall–Kier alpha value is -2.17. The van der Waals surface area contributed by atoms with Gasteiger partial charge in [-0.3, -0.25) is 9.78 Å². The molecule has 5 nitrogen and oxygen atoms in total. The fraction of sp³-hybridized carbons (Fsp3) is 0.471. The Kier molecular flexibility index (Phi) is 4.22. The van der Waals surface area contributed by atoms with Crippen LogP contribution in [0.1, 0.15) is 31.5 Å². The lowest BCUT2D eigenvalue weighted by atomic mass is 9.92. The van der Waals surface area contributed by atoms with Crippen LogP contribution in [0.15, 0.2) is 35.1 Å². The van der Waals surface area contributed by atoms with Gasteiger partial charge in [-0.05, 0) is 23.8 Å². The highest BCUT2D eigenvalue weighted by atomic mass is 16.1. The summed E-state index contributed by atoms with van der Waals surface area (Å²) in [6.45, 7) is 6.32. The lowest BCUT2D eigenvalue weighted by molar-refractivity contribution is 0.352. The first-order valence-electron chi connectivity index (χ1n) is 7.86. The van der Waals surface area contributed by atoms with Crippen LogP contribution in [0.2, 0.25) is 0 Å². The molecule has 1 aromatic carbocycles. The van der Waals surface area contributed by atoms with E-state index in [0.717, 1.165) is 18.7 Å². The van der Waals surface area contributed by atoms with Crippen molar-refractivity contribution in [2.45, 2.75) is 26.7 Å². The third-order valence-electron chi connectivity index (χ3n) is 4.14. The normalized spacial score (nSPS) is 21.8. The highest BCUT2D eigenvalue weighted by Crippen LogP contribution is 2.23. The van der Waals surface area contributed by atoms with Crippen LogP contribution in [0.25, 0.3) is 0 Å². The molecule has 1 aliphatic rings. The van der Waals surface area contributed by atoms with E-state index in [-0.39, 0.29) is 5.56 Å². The molecule has 5 heteroatoms. The minimum Gasteiger partial charge on any atom is -0.341 e. The van der Waals surface area contributed by atoms with Crippen molar-refractivity contribution in [3.63, 3.8) is 0 Å². The number of hydrogen-bond acceptors (Lipinski definition) is 4. The van der Waals surface area contributed by atoms with Crippen molar-refractivity contribution in [1.82, 2.24) is 15.2 Å². The van der Waals surface area contributed by atoms with Gasteiger partial charge >= 0.3 is 0 Å². The number of piperidine rings is 1. The molecule has 0 bridgehead atoms. The molecule has 1 aliphatic heterocycles. The molecule has 0 spiro atoms. The summed E-state index contributed by atoms with van der Waals surface area (Å²) in [5.74, 6) is 1.82. The SMILES string of the molecule is CC1CC(C)CN(c2nnc(Cc3ccccc3)c(=O)[nH]2)C1. The van der Waals surface area contributed by atoms with Crippen molar-refractivity contribution in [3.8, 4) is 0 Å². The highest BCUT2D eigenvalue weighted by Gasteiger charge is 2.23. The van der Waals surface area contributed by atoms with Gasteiger partial charge in [0.25, 0.3) is 5.56 Å². The van der Waals surface area contributed by atoms with Crippen LogP contribution >= 0.6 is 0 Å². The fourth-order valence-electron chi connectivity index (χ4n) is 3.23. The average Bonchev–Trinajstić information content (AvgIpc) is 2.49. The number of rotatable bonds is 3. The van der Waals surface area contributed by atoms with E-state index in [2.05, 4.69) is 33.9 Å². The van der Waals surface area contributed by atoms with Gasteiger partial charge < -0.3 is 4.90 Å². The van der Waals surface area contributed by atoms with E-state index in [9.17, 15) is 4.79 Å². The zero-order valence-electron chi connectivity index (χ0n) is 13.1. The number of aromatic amines is 1. The minimum atomic E-state index is -0.139. The smallest absolute Gasteiger partial charge is 0.274 e. The second-order valence-electron chi connectivity index (χ2n) is 6.44. The molecule has 0 amide bonds. The van der Waals surface area contributed by atoms with Crippen LogP contribution in [0, 0.1) is 11.8 Å². The molecule has 0 aliphatic carbocycles. The van der Waals surface area contributed by atoms with Crippen LogP contribution in [-0.2, 0) is 6.42 Å². The maximum absolute atomic E-state index is 12.3. The lowest BCUT2D eigenvalue weighted by Gasteiger charge is -2.34. The molecule has 2 aromatic rings. The van der Waals surface area contributed by atoms with Crippen LogP contribution in [0.3, 0.4) is 0 Å². The number of aromatic nitrogens is 3. The molecule has 1 saturated heterocycles. The van der Waals surface area contributed by atoms with E-state index >= 15 is 0 Å². The first kappa shape index (κ1) is 14.8. The Labute approximate surface area is 130 Å². The lowest BCUT2D eigenvalue weighted by Crippen LogP contribution is -2.40. The topological polar surface area (TPSA) is 61.9 Å². The third kappa shape index (κ3) is 3.35. The Morgan fingerprint density at radius 2 is 1.82 bits per heavy atom. The van der Waals surface area contributed by atoms with Crippen molar-refractivity contribution >= 4 is 5.95 Å². The molecule has 2 unspecified atom stereocenters. The van der Waals surface area contributed by atoms with E-state index in [4.69, 9.17) is 0 Å². The summed E-state index contributed by atoms with van der Waals surface area (Å²) >= 11 is 0. The summed E-state index contributed by atoms with van der Waals surface area (Å²) in [5.41, 5.74) is 1.39. The van der Waals surface area contributed by atoms with Gasteiger partial charge in [0, 0.05) is 19.5 Å². The highest BCUT2D eigenvalue weighted by molar-refractivity contribution is 5.30. The molecular weight excluding hydrogens is 276 g/mol. The molecule has 116 valence electrons. The van der Waals surface area contributed by atoms with E-state index in [1.807, 2.05) is 30.3 Å². The monoisotopic (exact) mass is 298 g/mol. The predicted octanol–water partition coefficient (Wildman–Crippen LogP) is 2.24. The maximum atomic E-state index is 12.3. The molecule has 1 fully saturated rings. The first-order valence-corrected chi connectivity index (χ1v) is 7.86. The quantitative estimate of drug-likeness (QED) is 0.944. The maximum Gasteiger partial charge on any atom is 0.274 e. The second kappa shape index (κ2) is 6.30. The Bertz CT molecular complexity index is 673. The number of nitrogens with zero attached hydrogens (tertiary/aromatic N) is 3. The van der Waals surface area contributed by atoms with Gasteiger partial charge in [0.1, 0.15) is 5.69 Å². The first-order chi connectivity index (χ1) is 10.6. The number of nitrogens with one attached hydrogen (secondary N) is 1. The number of benzene rings is 1. The Morgan fingerprint density at radius 3 is 2.45 bits per heavy atom. The van der Waals surface area contributed by atoms with Crippen molar-refractivity contribution in [3.05, 3.63) is 51.9 Å². The van der Waals surface area contributed by atoms with E-state index in [1.54, 1.807) is 0 Å². The zero-order valence-corrected chi connectivity index (χ0v) is 13.1. The van der Waals surface area contributed by atoms with Crippen molar-refractivity contribution in [1.29, 1.82) is 0 Å². The minimum absolute atomic E-state index is 0.139.